The number of esters is 1. The van der Waals surface area contributed by atoms with Crippen LogP contribution in [0.25, 0.3) is 0 Å². The summed E-state index contributed by atoms with van der Waals surface area (Å²) in [6.45, 7) is 1.33. The number of phosphoric acid groups is 1. The highest BCUT2D eigenvalue weighted by molar-refractivity contribution is 7.46. The minimum absolute atomic E-state index is 0.259. The van der Waals surface area contributed by atoms with Gasteiger partial charge in [-0.25, -0.2) is 4.57 Å². The molecule has 0 amide bonds. The number of unbranched alkanes of at least 4 members (excludes halogenated alkanes) is 18. The minimum atomic E-state index is -4.63. The lowest BCUT2D eigenvalue weighted by Gasteiger charge is -2.12. The fraction of sp³-hybridized carbons (Fsp3) is 0.833. The van der Waals surface area contributed by atoms with Gasteiger partial charge in [-0.05, 0) is 31.1 Å². The second kappa shape index (κ2) is 27.2. The Balaban J connectivity index is 3.40. The van der Waals surface area contributed by atoms with Gasteiger partial charge in [0, 0.05) is 19.3 Å². The fourth-order valence-corrected chi connectivity index (χ4v) is 4.32. The molecule has 0 aliphatic rings. The molecule has 0 rings (SSSR count). The molecule has 0 fully saturated rings. The van der Waals surface area contributed by atoms with Gasteiger partial charge in [-0.2, -0.15) is 0 Å². The Morgan fingerprint density at radius 2 is 1.11 bits per heavy atom. The molecule has 0 heterocycles. The van der Waals surface area contributed by atoms with Crippen LogP contribution in [0.2, 0.25) is 0 Å². The first-order valence-electron chi connectivity index (χ1n) is 14.8. The Kier molecular flexibility index (Phi) is 26.3. The van der Waals surface area contributed by atoms with Crippen LogP contribution in [0.15, 0.2) is 0 Å². The standard InChI is InChI=1S/C30H53O7P/c1-2-3-4-5-6-7-8-9-10-11-12-13-14-15-16-17-18-19-20-21-22-23-24-25-26-30(32)36-27-29(31)28-37-38(33,34)35/h29,31H,2-14,19-28H2,1H3,(H2,33,34,35). The summed E-state index contributed by atoms with van der Waals surface area (Å²) in [6.07, 6.45) is 23.1. The third kappa shape index (κ3) is 30.9. The quantitative estimate of drug-likeness (QED) is 0.0471. The van der Waals surface area contributed by atoms with Crippen molar-refractivity contribution in [1.29, 1.82) is 0 Å². The number of carbonyl (C=O) groups excluding carboxylic acids is 1. The molecule has 3 N–H and O–H groups in total. The summed E-state index contributed by atoms with van der Waals surface area (Å²) >= 11 is 0. The van der Waals surface area contributed by atoms with E-state index in [0.29, 0.717) is 6.42 Å². The molecule has 0 radical (unpaired) electrons. The summed E-state index contributed by atoms with van der Waals surface area (Å²) in [5, 5.41) is 9.46. The van der Waals surface area contributed by atoms with Crippen LogP contribution in [0.4, 0.5) is 0 Å². The average Bonchev–Trinajstić information content (AvgIpc) is 2.88. The third-order valence-electron chi connectivity index (χ3n) is 6.20. The smallest absolute Gasteiger partial charge is 0.463 e. The molecule has 0 aromatic rings. The SMILES string of the molecule is CCCCCCCCCCCCCCC#CC#CCCCCCCCCC(=O)OCC(O)COP(=O)(O)O. The molecule has 0 saturated heterocycles. The fourth-order valence-electron chi connectivity index (χ4n) is 3.95. The van der Waals surface area contributed by atoms with E-state index in [2.05, 4.69) is 35.1 Å². The Hall–Kier alpha value is -1.34. The first-order chi connectivity index (χ1) is 18.3. The zero-order chi connectivity index (χ0) is 28.2. The van der Waals surface area contributed by atoms with Gasteiger partial charge in [0.2, 0.25) is 0 Å². The first kappa shape index (κ1) is 36.7. The number of phosphoric ester groups is 1. The monoisotopic (exact) mass is 556 g/mol. The molecule has 7 nitrogen and oxygen atoms in total. The summed E-state index contributed by atoms with van der Waals surface area (Å²) in [5.41, 5.74) is 0. The molecule has 8 heteroatoms. The van der Waals surface area contributed by atoms with Crippen molar-refractivity contribution in [1.82, 2.24) is 0 Å². The minimum Gasteiger partial charge on any atom is -0.463 e. The van der Waals surface area contributed by atoms with Crippen molar-refractivity contribution in [3.63, 3.8) is 0 Å². The molecule has 0 spiro atoms. The van der Waals surface area contributed by atoms with Crippen LogP contribution in [0, 0.1) is 23.7 Å². The highest BCUT2D eigenvalue weighted by atomic mass is 31.2. The first-order valence-corrected chi connectivity index (χ1v) is 16.4. The van der Waals surface area contributed by atoms with Crippen LogP contribution in [-0.2, 0) is 18.6 Å². The highest BCUT2D eigenvalue weighted by Crippen LogP contribution is 2.35. The van der Waals surface area contributed by atoms with Gasteiger partial charge in [0.15, 0.2) is 0 Å². The Labute approximate surface area is 232 Å². The van der Waals surface area contributed by atoms with Crippen molar-refractivity contribution in [2.75, 3.05) is 13.2 Å². The summed E-state index contributed by atoms with van der Waals surface area (Å²) in [4.78, 5) is 28.7. The van der Waals surface area contributed by atoms with Crippen molar-refractivity contribution in [3.8, 4) is 23.7 Å². The van der Waals surface area contributed by atoms with Crippen LogP contribution in [0.5, 0.6) is 0 Å². The number of aliphatic hydroxyl groups is 1. The van der Waals surface area contributed by atoms with Gasteiger partial charge in [-0.3, -0.25) is 9.32 Å². The number of hydrogen-bond donors (Lipinski definition) is 3. The van der Waals surface area contributed by atoms with Gasteiger partial charge in [-0.1, -0.05) is 115 Å². The van der Waals surface area contributed by atoms with Gasteiger partial charge in [0.25, 0.3) is 0 Å². The predicted octanol–water partition coefficient (Wildman–Crippen LogP) is 7.22. The predicted molar refractivity (Wildman–Crippen MR) is 153 cm³/mol. The maximum atomic E-state index is 11.6. The molecule has 0 aromatic heterocycles. The summed E-state index contributed by atoms with van der Waals surface area (Å²) < 4.78 is 19.6. The van der Waals surface area contributed by atoms with Crippen molar-refractivity contribution in [2.24, 2.45) is 0 Å². The van der Waals surface area contributed by atoms with Crippen molar-refractivity contribution in [3.05, 3.63) is 0 Å². The van der Waals surface area contributed by atoms with Gasteiger partial charge in [0.05, 0.1) is 6.61 Å². The van der Waals surface area contributed by atoms with Crippen molar-refractivity contribution >= 4 is 13.8 Å². The average molecular weight is 557 g/mol. The van der Waals surface area contributed by atoms with Gasteiger partial charge in [0.1, 0.15) is 12.7 Å². The normalized spacial score (nSPS) is 11.8. The topological polar surface area (TPSA) is 113 Å². The second-order valence-corrected chi connectivity index (χ2v) is 11.2. The number of ether oxygens (including phenoxy) is 1. The second-order valence-electron chi connectivity index (χ2n) is 9.99. The Morgan fingerprint density at radius 1 is 0.684 bits per heavy atom. The number of rotatable bonds is 25. The molecule has 0 aromatic carbocycles. The zero-order valence-electron chi connectivity index (χ0n) is 23.8. The lowest BCUT2D eigenvalue weighted by molar-refractivity contribution is -0.147. The van der Waals surface area contributed by atoms with Crippen LogP contribution in [0.1, 0.15) is 142 Å². The molecule has 38 heavy (non-hydrogen) atoms. The Morgan fingerprint density at radius 3 is 1.55 bits per heavy atom. The molecule has 0 aliphatic heterocycles. The number of hydrogen-bond acceptors (Lipinski definition) is 5. The molecule has 0 saturated carbocycles. The molecule has 220 valence electrons. The zero-order valence-corrected chi connectivity index (χ0v) is 24.7. The Bertz CT molecular complexity index is 726. The van der Waals surface area contributed by atoms with Crippen LogP contribution in [0.3, 0.4) is 0 Å². The van der Waals surface area contributed by atoms with Crippen molar-refractivity contribution < 1.29 is 33.5 Å². The van der Waals surface area contributed by atoms with E-state index in [1.54, 1.807) is 0 Å². The highest BCUT2D eigenvalue weighted by Gasteiger charge is 2.17. The van der Waals surface area contributed by atoms with Crippen LogP contribution >= 0.6 is 7.82 Å². The summed E-state index contributed by atoms with van der Waals surface area (Å²) in [5.74, 6) is 11.8. The van der Waals surface area contributed by atoms with Gasteiger partial charge in [-0.15, -0.1) is 0 Å². The van der Waals surface area contributed by atoms with Crippen molar-refractivity contribution in [2.45, 2.75) is 148 Å². The maximum Gasteiger partial charge on any atom is 0.469 e. The third-order valence-corrected chi connectivity index (χ3v) is 6.68. The number of aliphatic hydroxyl groups excluding tert-OH is 1. The summed E-state index contributed by atoms with van der Waals surface area (Å²) in [6, 6.07) is 0. The van der Waals surface area contributed by atoms with E-state index in [-0.39, 0.29) is 13.0 Å². The largest absolute Gasteiger partial charge is 0.469 e. The van der Waals surface area contributed by atoms with Crippen LogP contribution in [-0.4, -0.2) is 40.2 Å². The molecule has 1 unspecified atom stereocenters. The lowest BCUT2D eigenvalue weighted by Crippen LogP contribution is -2.23. The van der Waals surface area contributed by atoms with Crippen LogP contribution < -0.4 is 0 Å². The lowest BCUT2D eigenvalue weighted by atomic mass is 10.0. The summed E-state index contributed by atoms with van der Waals surface area (Å²) in [7, 11) is -4.63. The van der Waals surface area contributed by atoms with E-state index < -0.39 is 26.5 Å². The van der Waals surface area contributed by atoms with E-state index in [4.69, 9.17) is 14.5 Å². The number of carbonyl (C=O) groups is 1. The molecular weight excluding hydrogens is 503 g/mol. The van der Waals surface area contributed by atoms with E-state index in [1.807, 2.05) is 0 Å². The molecule has 0 bridgehead atoms. The molecule has 1 atom stereocenters. The van der Waals surface area contributed by atoms with E-state index in [1.165, 1.54) is 77.0 Å². The van der Waals surface area contributed by atoms with Gasteiger partial charge >= 0.3 is 13.8 Å². The molecule has 0 aliphatic carbocycles. The van der Waals surface area contributed by atoms with E-state index >= 15 is 0 Å². The van der Waals surface area contributed by atoms with Gasteiger partial charge < -0.3 is 19.6 Å². The molecular formula is C30H53O7P. The van der Waals surface area contributed by atoms with E-state index in [0.717, 1.165) is 44.9 Å². The van der Waals surface area contributed by atoms with E-state index in [9.17, 15) is 14.5 Å². The maximum absolute atomic E-state index is 11.6.